The van der Waals surface area contributed by atoms with Crippen molar-refractivity contribution in [2.45, 2.75) is 44.0 Å². The SMILES string of the molecule is CCOC(=O)[C@H]1CCCCN1S(=O)(=O)c1cc(OC)c(OC)cc1C. The van der Waals surface area contributed by atoms with Crippen LogP contribution in [-0.2, 0) is 19.6 Å². The van der Waals surface area contributed by atoms with E-state index in [4.69, 9.17) is 14.2 Å². The number of esters is 1. The van der Waals surface area contributed by atoms with E-state index in [0.717, 1.165) is 6.42 Å². The lowest BCUT2D eigenvalue weighted by molar-refractivity contribution is -0.148. The Morgan fingerprint density at radius 3 is 2.44 bits per heavy atom. The highest BCUT2D eigenvalue weighted by Gasteiger charge is 2.39. The van der Waals surface area contributed by atoms with Crippen LogP contribution in [0.15, 0.2) is 17.0 Å². The third-order valence-corrected chi connectivity index (χ3v) is 6.33. The van der Waals surface area contributed by atoms with E-state index in [1.165, 1.54) is 24.6 Å². The molecule has 25 heavy (non-hydrogen) atoms. The molecule has 7 nitrogen and oxygen atoms in total. The second kappa shape index (κ2) is 8.05. The minimum absolute atomic E-state index is 0.112. The molecule has 140 valence electrons. The standard InChI is InChI=1S/C17H25NO6S/c1-5-24-17(19)13-8-6-7-9-18(13)25(20,21)16-11-15(23-4)14(22-3)10-12(16)2/h10-11,13H,5-9H2,1-4H3/t13-/m1/s1. The Kier molecular flexibility index (Phi) is 6.29. The maximum atomic E-state index is 13.2. The van der Waals surface area contributed by atoms with E-state index in [1.54, 1.807) is 19.9 Å². The third kappa shape index (κ3) is 3.90. The number of rotatable bonds is 6. The number of hydrogen-bond donors (Lipinski definition) is 0. The molecule has 8 heteroatoms. The van der Waals surface area contributed by atoms with Crippen LogP contribution in [-0.4, -0.2) is 52.1 Å². The average molecular weight is 371 g/mol. The van der Waals surface area contributed by atoms with Crippen molar-refractivity contribution < 1.29 is 27.4 Å². The summed E-state index contributed by atoms with van der Waals surface area (Å²) in [6, 6.07) is 2.28. The number of methoxy groups -OCH3 is 2. The lowest BCUT2D eigenvalue weighted by Crippen LogP contribution is -2.48. The quantitative estimate of drug-likeness (QED) is 0.713. The summed E-state index contributed by atoms with van der Waals surface area (Å²) >= 11 is 0. The van der Waals surface area contributed by atoms with E-state index in [2.05, 4.69) is 0 Å². The molecule has 1 aliphatic heterocycles. The van der Waals surface area contributed by atoms with Crippen LogP contribution in [0.5, 0.6) is 11.5 Å². The van der Waals surface area contributed by atoms with Gasteiger partial charge in [-0.15, -0.1) is 0 Å². The molecule has 0 amide bonds. The molecule has 0 aliphatic carbocycles. The minimum atomic E-state index is -3.87. The largest absolute Gasteiger partial charge is 0.493 e. The maximum absolute atomic E-state index is 13.2. The smallest absolute Gasteiger partial charge is 0.324 e. The number of ether oxygens (including phenoxy) is 3. The Morgan fingerprint density at radius 1 is 1.20 bits per heavy atom. The number of benzene rings is 1. The van der Waals surface area contributed by atoms with Crippen LogP contribution in [0.1, 0.15) is 31.7 Å². The molecule has 1 heterocycles. The van der Waals surface area contributed by atoms with Crippen molar-refractivity contribution in [3.05, 3.63) is 17.7 Å². The summed E-state index contributed by atoms with van der Waals surface area (Å²) in [5.74, 6) is 0.291. The summed E-state index contributed by atoms with van der Waals surface area (Å²) in [6.07, 6.45) is 1.96. The fourth-order valence-corrected chi connectivity index (χ4v) is 4.90. The van der Waals surface area contributed by atoms with Crippen LogP contribution in [0.4, 0.5) is 0 Å². The van der Waals surface area contributed by atoms with Gasteiger partial charge in [0.1, 0.15) is 6.04 Å². The molecule has 1 aromatic rings. The van der Waals surface area contributed by atoms with Crippen molar-refractivity contribution in [2.24, 2.45) is 0 Å². The molecule has 0 N–H and O–H groups in total. The van der Waals surface area contributed by atoms with Crippen molar-refractivity contribution in [3.8, 4) is 11.5 Å². The van der Waals surface area contributed by atoms with Crippen LogP contribution < -0.4 is 9.47 Å². The first kappa shape index (κ1) is 19.5. The summed E-state index contributed by atoms with van der Waals surface area (Å²) in [6.45, 7) is 3.91. The first-order chi connectivity index (χ1) is 11.9. The Morgan fingerprint density at radius 2 is 1.84 bits per heavy atom. The third-order valence-electron chi connectivity index (χ3n) is 4.28. The Labute approximate surface area is 148 Å². The molecule has 0 aromatic heterocycles. The van der Waals surface area contributed by atoms with Crippen LogP contribution in [0.2, 0.25) is 0 Å². The zero-order valence-corrected chi connectivity index (χ0v) is 15.9. The highest BCUT2D eigenvalue weighted by Crippen LogP contribution is 2.35. The highest BCUT2D eigenvalue weighted by atomic mass is 32.2. The van der Waals surface area contributed by atoms with Crippen molar-refractivity contribution in [1.82, 2.24) is 4.31 Å². The fraction of sp³-hybridized carbons (Fsp3) is 0.588. The monoisotopic (exact) mass is 371 g/mol. The summed E-state index contributed by atoms with van der Waals surface area (Å²) in [7, 11) is -0.923. The normalized spacial score (nSPS) is 18.6. The van der Waals surface area contributed by atoms with Gasteiger partial charge in [-0.3, -0.25) is 4.79 Å². The summed E-state index contributed by atoms with van der Waals surface area (Å²) in [5.41, 5.74) is 0.533. The lowest BCUT2D eigenvalue weighted by Gasteiger charge is -2.33. The van der Waals surface area contributed by atoms with Gasteiger partial charge >= 0.3 is 5.97 Å². The van der Waals surface area contributed by atoms with Crippen LogP contribution in [0.3, 0.4) is 0 Å². The predicted octanol–water partition coefficient (Wildman–Crippen LogP) is 2.12. The summed E-state index contributed by atoms with van der Waals surface area (Å²) in [4.78, 5) is 12.3. The van der Waals surface area contributed by atoms with E-state index in [-0.39, 0.29) is 11.5 Å². The van der Waals surface area contributed by atoms with Gasteiger partial charge in [0.05, 0.1) is 25.7 Å². The molecule has 1 aromatic carbocycles. The molecule has 1 aliphatic rings. The number of aryl methyl sites for hydroxylation is 1. The van der Waals surface area contributed by atoms with E-state index < -0.39 is 22.0 Å². The number of carbonyl (C=O) groups is 1. The zero-order chi connectivity index (χ0) is 18.6. The molecule has 2 rings (SSSR count). The van der Waals surface area contributed by atoms with Gasteiger partial charge in [0, 0.05) is 12.6 Å². The van der Waals surface area contributed by atoms with Gasteiger partial charge in [0.25, 0.3) is 0 Å². The Balaban J connectivity index is 2.47. The molecule has 1 fully saturated rings. The zero-order valence-electron chi connectivity index (χ0n) is 15.1. The van der Waals surface area contributed by atoms with Crippen LogP contribution in [0, 0.1) is 6.92 Å². The summed E-state index contributed by atoms with van der Waals surface area (Å²) < 4.78 is 43.2. The molecule has 1 atom stereocenters. The number of nitrogens with zero attached hydrogens (tertiary/aromatic N) is 1. The van der Waals surface area contributed by atoms with E-state index in [0.29, 0.717) is 36.4 Å². The maximum Gasteiger partial charge on any atom is 0.324 e. The van der Waals surface area contributed by atoms with Gasteiger partial charge in [-0.2, -0.15) is 4.31 Å². The van der Waals surface area contributed by atoms with E-state index in [1.807, 2.05) is 0 Å². The van der Waals surface area contributed by atoms with Crippen LogP contribution >= 0.6 is 0 Å². The van der Waals surface area contributed by atoms with Gasteiger partial charge in [-0.05, 0) is 44.7 Å². The molecule has 0 unspecified atom stereocenters. The molecule has 0 bridgehead atoms. The second-order valence-electron chi connectivity index (χ2n) is 5.85. The van der Waals surface area contributed by atoms with Crippen molar-refractivity contribution in [3.63, 3.8) is 0 Å². The second-order valence-corrected chi connectivity index (χ2v) is 7.71. The molecule has 0 spiro atoms. The number of carbonyl (C=O) groups excluding carboxylic acids is 1. The molecule has 0 radical (unpaired) electrons. The highest BCUT2D eigenvalue weighted by molar-refractivity contribution is 7.89. The molecule has 0 saturated carbocycles. The Bertz CT molecular complexity index is 731. The van der Waals surface area contributed by atoms with Crippen molar-refractivity contribution >= 4 is 16.0 Å². The number of piperidine rings is 1. The first-order valence-corrected chi connectivity index (χ1v) is 9.71. The van der Waals surface area contributed by atoms with Crippen molar-refractivity contribution in [2.75, 3.05) is 27.4 Å². The number of hydrogen-bond acceptors (Lipinski definition) is 6. The minimum Gasteiger partial charge on any atom is -0.493 e. The van der Waals surface area contributed by atoms with Gasteiger partial charge in [-0.1, -0.05) is 0 Å². The average Bonchev–Trinajstić information content (AvgIpc) is 2.61. The van der Waals surface area contributed by atoms with Gasteiger partial charge in [0.15, 0.2) is 11.5 Å². The predicted molar refractivity (Wildman–Crippen MR) is 92.4 cm³/mol. The van der Waals surface area contributed by atoms with Gasteiger partial charge < -0.3 is 14.2 Å². The molecular formula is C17H25NO6S. The first-order valence-electron chi connectivity index (χ1n) is 8.27. The summed E-state index contributed by atoms with van der Waals surface area (Å²) in [5, 5.41) is 0. The van der Waals surface area contributed by atoms with Gasteiger partial charge in [0.2, 0.25) is 10.0 Å². The lowest BCUT2D eigenvalue weighted by atomic mass is 10.1. The van der Waals surface area contributed by atoms with Gasteiger partial charge in [-0.25, -0.2) is 8.42 Å². The molecule has 1 saturated heterocycles. The number of sulfonamides is 1. The fourth-order valence-electron chi connectivity index (χ4n) is 3.03. The Hall–Kier alpha value is -1.80. The van der Waals surface area contributed by atoms with E-state index in [9.17, 15) is 13.2 Å². The van der Waals surface area contributed by atoms with Crippen LogP contribution in [0.25, 0.3) is 0 Å². The topological polar surface area (TPSA) is 82.1 Å². The van der Waals surface area contributed by atoms with E-state index >= 15 is 0 Å². The van der Waals surface area contributed by atoms with Crippen molar-refractivity contribution in [1.29, 1.82) is 0 Å². The molecular weight excluding hydrogens is 346 g/mol.